The fourth-order valence-electron chi connectivity index (χ4n) is 4.63. The summed E-state index contributed by atoms with van der Waals surface area (Å²) in [4.78, 5) is 31.6. The predicted molar refractivity (Wildman–Crippen MR) is 137 cm³/mol. The Morgan fingerprint density at radius 1 is 1.20 bits per heavy atom. The number of nitrogens with one attached hydrogen (secondary N) is 1. The average Bonchev–Trinajstić information content (AvgIpc) is 3.59. The van der Waals surface area contributed by atoms with Crippen LogP contribution in [-0.2, 0) is 17.8 Å². The maximum atomic E-state index is 12.8. The number of amides is 2. The van der Waals surface area contributed by atoms with Crippen molar-refractivity contribution in [2.45, 2.75) is 52.2 Å². The number of hydrogen-bond donors (Lipinski definition) is 1. The number of ether oxygens (including phenoxy) is 1. The van der Waals surface area contributed by atoms with E-state index < -0.39 is 0 Å². The summed E-state index contributed by atoms with van der Waals surface area (Å²) in [6.45, 7) is 5.73. The van der Waals surface area contributed by atoms with Crippen molar-refractivity contribution in [3.63, 3.8) is 0 Å². The largest absolute Gasteiger partial charge is 0.486 e. The number of carbonyl (C=O) groups is 2. The van der Waals surface area contributed by atoms with Crippen LogP contribution in [0.1, 0.15) is 70.0 Å². The van der Waals surface area contributed by atoms with Gasteiger partial charge >= 0.3 is 0 Å². The summed E-state index contributed by atoms with van der Waals surface area (Å²) < 4.78 is 6.10. The van der Waals surface area contributed by atoms with Crippen LogP contribution in [0.2, 0.25) is 0 Å². The zero-order chi connectivity index (χ0) is 24.4. The van der Waals surface area contributed by atoms with Crippen LogP contribution in [0.4, 0.5) is 0 Å². The van der Waals surface area contributed by atoms with Crippen LogP contribution in [0.25, 0.3) is 0 Å². The molecule has 0 bridgehead atoms. The van der Waals surface area contributed by atoms with Crippen molar-refractivity contribution in [3.05, 3.63) is 80.8 Å². The Morgan fingerprint density at radius 3 is 2.83 bits per heavy atom. The molecule has 1 N–H and O–H groups in total. The molecule has 182 valence electrons. The molecule has 1 aliphatic heterocycles. The van der Waals surface area contributed by atoms with Gasteiger partial charge in [-0.3, -0.25) is 9.59 Å². The van der Waals surface area contributed by atoms with Gasteiger partial charge in [0.05, 0.1) is 6.04 Å². The molecule has 2 heterocycles. The van der Waals surface area contributed by atoms with Crippen LogP contribution in [0, 0.1) is 12.8 Å². The van der Waals surface area contributed by atoms with Gasteiger partial charge in [0.1, 0.15) is 23.1 Å². The Bertz CT molecular complexity index is 1230. The minimum Gasteiger partial charge on any atom is -0.486 e. The van der Waals surface area contributed by atoms with E-state index in [1.54, 1.807) is 5.38 Å². The fourth-order valence-corrected chi connectivity index (χ4v) is 5.32. The highest BCUT2D eigenvalue weighted by molar-refractivity contribution is 7.09. The van der Waals surface area contributed by atoms with Gasteiger partial charge in [-0.25, -0.2) is 4.98 Å². The average molecular weight is 490 g/mol. The van der Waals surface area contributed by atoms with E-state index in [0.29, 0.717) is 31.2 Å². The van der Waals surface area contributed by atoms with Gasteiger partial charge < -0.3 is 15.0 Å². The Kier molecular flexibility index (Phi) is 6.86. The second-order valence-corrected chi connectivity index (χ2v) is 10.4. The van der Waals surface area contributed by atoms with Crippen molar-refractivity contribution in [2.24, 2.45) is 5.92 Å². The van der Waals surface area contributed by atoms with Gasteiger partial charge in [-0.05, 0) is 60.9 Å². The van der Waals surface area contributed by atoms with Gasteiger partial charge in [0, 0.05) is 24.9 Å². The highest BCUT2D eigenvalue weighted by Crippen LogP contribution is 2.38. The number of fused-ring (bicyclic) bond motifs is 1. The fraction of sp³-hybridized carbons (Fsp3) is 0.393. The zero-order valence-corrected chi connectivity index (χ0v) is 21.1. The molecule has 3 aromatic rings. The number of thiazole rings is 1. The minimum atomic E-state index is -0.128. The molecule has 1 fully saturated rings. The number of aromatic nitrogens is 1. The summed E-state index contributed by atoms with van der Waals surface area (Å²) in [6.07, 6.45) is 3.71. The summed E-state index contributed by atoms with van der Waals surface area (Å²) in [5, 5.41) is 5.51. The SMILES string of the molecule is CCC(=O)N1CCc2ccc(OCc3nc(C(=O)NCC4CC4)cs3)cc2C1c1cccc(C)c1. The van der Waals surface area contributed by atoms with Crippen LogP contribution in [-0.4, -0.2) is 34.8 Å². The Hall–Kier alpha value is -3.19. The Balaban J connectivity index is 1.34. The summed E-state index contributed by atoms with van der Waals surface area (Å²) in [6, 6.07) is 14.4. The number of nitrogens with zero attached hydrogens (tertiary/aromatic N) is 2. The normalized spacial score (nSPS) is 17.1. The van der Waals surface area contributed by atoms with Crippen LogP contribution < -0.4 is 10.1 Å². The zero-order valence-electron chi connectivity index (χ0n) is 20.3. The lowest BCUT2D eigenvalue weighted by molar-refractivity contribution is -0.132. The van der Waals surface area contributed by atoms with Gasteiger partial charge in [0.15, 0.2) is 0 Å². The molecular formula is C28H31N3O3S. The highest BCUT2D eigenvalue weighted by atomic mass is 32.1. The third-order valence-corrected chi connectivity index (χ3v) is 7.54. The van der Waals surface area contributed by atoms with Gasteiger partial charge in [0.25, 0.3) is 5.91 Å². The lowest BCUT2D eigenvalue weighted by atomic mass is 9.87. The van der Waals surface area contributed by atoms with Crippen molar-refractivity contribution in [2.75, 3.05) is 13.1 Å². The van der Waals surface area contributed by atoms with E-state index in [0.717, 1.165) is 34.8 Å². The van der Waals surface area contributed by atoms with Gasteiger partial charge in [-0.15, -0.1) is 11.3 Å². The van der Waals surface area contributed by atoms with Gasteiger partial charge in [0.2, 0.25) is 5.91 Å². The number of aryl methyl sites for hydroxylation is 1. The van der Waals surface area contributed by atoms with E-state index in [1.165, 1.54) is 35.3 Å². The first-order chi connectivity index (χ1) is 17.0. The van der Waals surface area contributed by atoms with Gasteiger partial charge in [-0.1, -0.05) is 42.8 Å². The maximum Gasteiger partial charge on any atom is 0.270 e. The molecule has 2 aliphatic rings. The first-order valence-corrected chi connectivity index (χ1v) is 13.2. The second kappa shape index (κ2) is 10.2. The highest BCUT2D eigenvalue weighted by Gasteiger charge is 2.32. The molecule has 2 amide bonds. The molecule has 7 heteroatoms. The van der Waals surface area contributed by atoms with Crippen molar-refractivity contribution in [3.8, 4) is 5.75 Å². The first-order valence-electron chi connectivity index (χ1n) is 12.4. The molecule has 1 saturated carbocycles. The number of carbonyl (C=O) groups excluding carboxylic acids is 2. The van der Waals surface area contributed by atoms with Crippen LogP contribution in [0.5, 0.6) is 5.75 Å². The molecule has 1 atom stereocenters. The molecule has 5 rings (SSSR count). The Morgan fingerprint density at radius 2 is 2.06 bits per heavy atom. The molecular weight excluding hydrogens is 458 g/mol. The number of benzene rings is 2. The van der Waals surface area contributed by atoms with E-state index in [-0.39, 0.29) is 17.9 Å². The lowest BCUT2D eigenvalue weighted by Crippen LogP contribution is -2.40. The van der Waals surface area contributed by atoms with Gasteiger partial charge in [-0.2, -0.15) is 0 Å². The Labute approximate surface area is 210 Å². The molecule has 1 aromatic heterocycles. The van der Waals surface area contributed by atoms with Crippen molar-refractivity contribution in [1.82, 2.24) is 15.2 Å². The summed E-state index contributed by atoms with van der Waals surface area (Å²) in [5.41, 5.74) is 5.10. The third-order valence-electron chi connectivity index (χ3n) is 6.72. The first kappa shape index (κ1) is 23.5. The monoisotopic (exact) mass is 489 g/mol. The molecule has 0 radical (unpaired) electrons. The smallest absolute Gasteiger partial charge is 0.270 e. The number of rotatable bonds is 8. The molecule has 2 aromatic carbocycles. The standard InChI is InChI=1S/C28H31N3O3S/c1-3-26(32)31-12-11-20-9-10-22(14-23(20)27(31)21-6-4-5-18(2)13-21)34-16-25-30-24(17-35-25)28(33)29-15-19-7-8-19/h4-6,9-10,13-14,17,19,27H,3,7-8,11-12,15-16H2,1-2H3,(H,29,33). The topological polar surface area (TPSA) is 71.5 Å². The van der Waals surface area contributed by atoms with E-state index >= 15 is 0 Å². The molecule has 1 unspecified atom stereocenters. The molecule has 0 spiro atoms. The van der Waals surface area contributed by atoms with E-state index in [9.17, 15) is 9.59 Å². The van der Waals surface area contributed by atoms with Crippen molar-refractivity contribution in [1.29, 1.82) is 0 Å². The second-order valence-electron chi connectivity index (χ2n) is 9.44. The van der Waals surface area contributed by atoms with E-state index in [2.05, 4.69) is 53.6 Å². The predicted octanol–water partition coefficient (Wildman–Crippen LogP) is 5.05. The maximum absolute atomic E-state index is 12.8. The number of hydrogen-bond acceptors (Lipinski definition) is 5. The van der Waals surface area contributed by atoms with E-state index in [4.69, 9.17) is 4.74 Å². The minimum absolute atomic E-state index is 0.116. The summed E-state index contributed by atoms with van der Waals surface area (Å²) >= 11 is 1.43. The van der Waals surface area contributed by atoms with Crippen LogP contribution in [0.15, 0.2) is 47.8 Å². The van der Waals surface area contributed by atoms with Crippen molar-refractivity contribution >= 4 is 23.2 Å². The molecule has 35 heavy (non-hydrogen) atoms. The summed E-state index contributed by atoms with van der Waals surface area (Å²) in [7, 11) is 0. The third kappa shape index (κ3) is 5.40. The quantitative estimate of drug-likeness (QED) is 0.480. The molecule has 0 saturated heterocycles. The summed E-state index contributed by atoms with van der Waals surface area (Å²) in [5.74, 6) is 1.41. The molecule has 1 aliphatic carbocycles. The van der Waals surface area contributed by atoms with Crippen LogP contribution >= 0.6 is 11.3 Å². The van der Waals surface area contributed by atoms with E-state index in [1.807, 2.05) is 17.9 Å². The lowest BCUT2D eigenvalue weighted by Gasteiger charge is -2.38. The van der Waals surface area contributed by atoms with Crippen LogP contribution in [0.3, 0.4) is 0 Å². The molecule has 6 nitrogen and oxygen atoms in total. The van der Waals surface area contributed by atoms with Crippen molar-refractivity contribution < 1.29 is 14.3 Å².